The number of hydrogen-bond acceptors (Lipinski definition) is 3. The number of hydrogen-bond donors (Lipinski definition) is 0. The molecule has 0 spiro atoms. The molecule has 0 N–H and O–H groups in total. The Hall–Kier alpha value is -1.97. The normalized spacial score (nSPS) is 11.7. The van der Waals surface area contributed by atoms with Crippen LogP contribution in [0.2, 0.25) is 0 Å². The van der Waals surface area contributed by atoms with Crippen molar-refractivity contribution < 1.29 is 9.72 Å². The largest absolute Gasteiger partial charge is 0.299 e. The molecule has 1 atom stereocenters. The second-order valence-electron chi connectivity index (χ2n) is 2.71. The summed E-state index contributed by atoms with van der Waals surface area (Å²) in [4.78, 5) is 21.2. The number of benzene rings is 1. The number of rotatable bonds is 4. The number of carbonyl (C=O) groups excluding carboxylic acids is 1. The molecule has 1 unspecified atom stereocenters. The van der Waals surface area contributed by atoms with E-state index in [9.17, 15) is 14.9 Å². The average Bonchev–Trinajstić information content (AvgIpc) is 2.19. The first-order valence-electron chi connectivity index (χ1n) is 4.01. The van der Waals surface area contributed by atoms with E-state index < -0.39 is 16.7 Å². The summed E-state index contributed by atoms with van der Waals surface area (Å²) in [5, 5.41) is 10.6. The van der Waals surface area contributed by atoms with Gasteiger partial charge in [0.05, 0.1) is 0 Å². The van der Waals surface area contributed by atoms with Gasteiger partial charge in [-0.3, -0.25) is 14.9 Å². The molecule has 0 aromatic heterocycles. The van der Waals surface area contributed by atoms with Gasteiger partial charge in [-0.05, 0) is 6.08 Å². The minimum absolute atomic E-state index is 0.377. The Morgan fingerprint density at radius 2 is 2.00 bits per heavy atom. The molecule has 4 heteroatoms. The Balaban J connectivity index is 3.07. The molecule has 0 aliphatic heterocycles. The van der Waals surface area contributed by atoms with E-state index in [1.807, 2.05) is 0 Å². The zero-order chi connectivity index (χ0) is 10.6. The molecule has 0 aliphatic carbocycles. The molecule has 0 saturated heterocycles. The highest BCUT2D eigenvalue weighted by Crippen LogP contribution is 2.17. The van der Waals surface area contributed by atoms with Crippen molar-refractivity contribution in [3.63, 3.8) is 0 Å². The standard InChI is InChI=1S/C10H9NO3/c1-2-9(12)10(11(13)14)8-6-4-3-5-7-8/h2-7,10H,1H2. The predicted octanol–water partition coefficient (Wildman–Crippen LogP) is 1.76. The SMILES string of the molecule is C=CC(=O)C(c1ccccc1)[N+](=O)[O-]. The van der Waals surface area contributed by atoms with E-state index in [-0.39, 0.29) is 0 Å². The lowest BCUT2D eigenvalue weighted by Gasteiger charge is -2.05. The van der Waals surface area contributed by atoms with Crippen molar-refractivity contribution in [2.75, 3.05) is 0 Å². The molecule has 0 radical (unpaired) electrons. The highest BCUT2D eigenvalue weighted by atomic mass is 16.6. The number of nitro groups is 1. The molecule has 0 amide bonds. The van der Waals surface area contributed by atoms with Gasteiger partial charge in [-0.15, -0.1) is 0 Å². The molecule has 1 aromatic carbocycles. The van der Waals surface area contributed by atoms with Crippen LogP contribution < -0.4 is 0 Å². The summed E-state index contributed by atoms with van der Waals surface area (Å²) in [6.45, 7) is 3.24. The molecule has 4 nitrogen and oxygen atoms in total. The third kappa shape index (κ3) is 2.04. The summed E-state index contributed by atoms with van der Waals surface area (Å²) in [7, 11) is 0. The van der Waals surface area contributed by atoms with Crippen molar-refractivity contribution in [3.8, 4) is 0 Å². The molecule has 72 valence electrons. The average molecular weight is 191 g/mol. The smallest absolute Gasteiger partial charge is 0.287 e. The fourth-order valence-corrected chi connectivity index (χ4v) is 1.14. The minimum Gasteiger partial charge on any atom is -0.287 e. The Bertz CT molecular complexity index is 359. The lowest BCUT2D eigenvalue weighted by molar-refractivity contribution is -0.512. The van der Waals surface area contributed by atoms with Gasteiger partial charge in [0.1, 0.15) is 0 Å². The van der Waals surface area contributed by atoms with Crippen LogP contribution in [0.15, 0.2) is 43.0 Å². The second-order valence-corrected chi connectivity index (χ2v) is 2.71. The van der Waals surface area contributed by atoms with Crippen molar-refractivity contribution in [1.82, 2.24) is 0 Å². The lowest BCUT2D eigenvalue weighted by atomic mass is 10.0. The van der Waals surface area contributed by atoms with Gasteiger partial charge in [0.25, 0.3) is 6.04 Å². The van der Waals surface area contributed by atoms with Crippen LogP contribution in [-0.2, 0) is 4.79 Å². The van der Waals surface area contributed by atoms with E-state index in [1.54, 1.807) is 30.3 Å². The lowest BCUT2D eigenvalue weighted by Crippen LogP contribution is -2.18. The molecule has 1 rings (SSSR count). The van der Waals surface area contributed by atoms with Gasteiger partial charge in [-0.1, -0.05) is 36.9 Å². The second kappa shape index (κ2) is 4.32. The molecule has 0 saturated carbocycles. The first-order chi connectivity index (χ1) is 6.66. The zero-order valence-electron chi connectivity index (χ0n) is 7.42. The van der Waals surface area contributed by atoms with Crippen molar-refractivity contribution in [2.24, 2.45) is 0 Å². The molecule has 0 fully saturated rings. The van der Waals surface area contributed by atoms with Crippen molar-refractivity contribution in [1.29, 1.82) is 0 Å². The van der Waals surface area contributed by atoms with Crippen LogP contribution >= 0.6 is 0 Å². The Morgan fingerprint density at radius 3 is 2.43 bits per heavy atom. The summed E-state index contributed by atoms with van der Waals surface area (Å²) in [5.41, 5.74) is 0.377. The third-order valence-electron chi connectivity index (χ3n) is 1.80. The molecule has 0 bridgehead atoms. The maximum atomic E-state index is 11.2. The van der Waals surface area contributed by atoms with Crippen molar-refractivity contribution >= 4 is 5.78 Å². The van der Waals surface area contributed by atoms with Gasteiger partial charge in [-0.25, -0.2) is 0 Å². The first kappa shape index (κ1) is 10.1. The van der Waals surface area contributed by atoms with Gasteiger partial charge in [0.2, 0.25) is 5.78 Å². The maximum Gasteiger partial charge on any atom is 0.299 e. The van der Waals surface area contributed by atoms with E-state index in [2.05, 4.69) is 6.58 Å². The van der Waals surface area contributed by atoms with E-state index in [0.717, 1.165) is 6.08 Å². The van der Waals surface area contributed by atoms with Gasteiger partial charge in [0, 0.05) is 10.5 Å². The third-order valence-corrected chi connectivity index (χ3v) is 1.80. The Kier molecular flexibility index (Phi) is 3.12. The van der Waals surface area contributed by atoms with Crippen LogP contribution in [0.1, 0.15) is 11.6 Å². The van der Waals surface area contributed by atoms with Gasteiger partial charge >= 0.3 is 0 Å². The summed E-state index contributed by atoms with van der Waals surface area (Å²) in [5.74, 6) is -0.596. The van der Waals surface area contributed by atoms with Crippen molar-refractivity contribution in [2.45, 2.75) is 6.04 Å². The van der Waals surface area contributed by atoms with E-state index >= 15 is 0 Å². The fraction of sp³-hybridized carbons (Fsp3) is 0.100. The van der Waals surface area contributed by atoms with Crippen LogP contribution in [0.4, 0.5) is 0 Å². The first-order valence-corrected chi connectivity index (χ1v) is 4.01. The topological polar surface area (TPSA) is 60.2 Å². The summed E-state index contributed by atoms with van der Waals surface area (Å²) in [6, 6.07) is 6.82. The molecule has 0 heterocycles. The molecule has 14 heavy (non-hydrogen) atoms. The summed E-state index contributed by atoms with van der Waals surface area (Å²) in [6.07, 6.45) is 0.973. The molecule has 0 aliphatic rings. The van der Waals surface area contributed by atoms with Crippen LogP contribution in [-0.4, -0.2) is 10.7 Å². The van der Waals surface area contributed by atoms with Crippen molar-refractivity contribution in [3.05, 3.63) is 58.7 Å². The van der Waals surface area contributed by atoms with Gasteiger partial charge in [-0.2, -0.15) is 0 Å². The predicted molar refractivity (Wildman–Crippen MR) is 51.4 cm³/mol. The van der Waals surface area contributed by atoms with E-state index in [0.29, 0.717) is 5.56 Å². The molecular formula is C10H9NO3. The molecule has 1 aromatic rings. The highest BCUT2D eigenvalue weighted by Gasteiger charge is 2.28. The van der Waals surface area contributed by atoms with Crippen LogP contribution in [0.5, 0.6) is 0 Å². The Labute approximate surface area is 81.0 Å². The summed E-state index contributed by atoms with van der Waals surface area (Å²) < 4.78 is 0. The van der Waals surface area contributed by atoms with E-state index in [4.69, 9.17) is 0 Å². The highest BCUT2D eigenvalue weighted by molar-refractivity contribution is 5.93. The van der Waals surface area contributed by atoms with Gasteiger partial charge in [0.15, 0.2) is 0 Å². The van der Waals surface area contributed by atoms with Crippen LogP contribution in [0.25, 0.3) is 0 Å². The Morgan fingerprint density at radius 1 is 1.43 bits per heavy atom. The number of carbonyl (C=O) groups is 1. The zero-order valence-corrected chi connectivity index (χ0v) is 7.42. The number of ketones is 1. The fourth-order valence-electron chi connectivity index (χ4n) is 1.14. The maximum absolute atomic E-state index is 11.2. The van der Waals surface area contributed by atoms with Crippen LogP contribution in [0, 0.1) is 10.1 Å². The van der Waals surface area contributed by atoms with Crippen LogP contribution in [0.3, 0.4) is 0 Å². The minimum atomic E-state index is -1.33. The summed E-state index contributed by atoms with van der Waals surface area (Å²) >= 11 is 0. The number of nitrogens with zero attached hydrogens (tertiary/aromatic N) is 1. The van der Waals surface area contributed by atoms with E-state index in [1.165, 1.54) is 0 Å². The monoisotopic (exact) mass is 191 g/mol. The van der Waals surface area contributed by atoms with Gasteiger partial charge < -0.3 is 0 Å². The quantitative estimate of drug-likeness (QED) is 0.414. The molecular weight excluding hydrogens is 182 g/mol.